The number of nitrogens with one attached hydrogen (secondary N) is 1. The van der Waals surface area contributed by atoms with E-state index in [1.807, 2.05) is 0 Å². The number of amides is 3. The van der Waals surface area contributed by atoms with E-state index in [0.717, 1.165) is 0 Å². The van der Waals surface area contributed by atoms with Crippen LogP contribution >= 0.6 is 11.8 Å². The van der Waals surface area contributed by atoms with Gasteiger partial charge in [0.25, 0.3) is 0 Å². The minimum Gasteiger partial charge on any atom is -0.480 e. The Hall–Kier alpha value is -1.44. The third-order valence-electron chi connectivity index (χ3n) is 2.69. The van der Waals surface area contributed by atoms with Gasteiger partial charge in [0.2, 0.25) is 5.91 Å². The van der Waals surface area contributed by atoms with Crippen molar-refractivity contribution < 1.29 is 19.5 Å². The minimum absolute atomic E-state index is 0.153. The van der Waals surface area contributed by atoms with E-state index in [4.69, 9.17) is 5.11 Å². The van der Waals surface area contributed by atoms with Crippen molar-refractivity contribution in [2.45, 2.75) is 12.5 Å². The number of carboxylic acids is 1. The van der Waals surface area contributed by atoms with Gasteiger partial charge in [-0.05, 0) is 0 Å². The molecule has 1 unspecified atom stereocenters. The third kappa shape index (κ3) is 3.52. The molecule has 1 saturated heterocycles. The quantitative estimate of drug-likeness (QED) is 0.731. The van der Waals surface area contributed by atoms with Crippen molar-refractivity contribution in [1.29, 1.82) is 0 Å². The Kier molecular flexibility index (Phi) is 5.26. The molecule has 8 heteroatoms. The lowest BCUT2D eigenvalue weighted by molar-refractivity contribution is -0.141. The first-order valence-electron chi connectivity index (χ1n) is 5.50. The summed E-state index contributed by atoms with van der Waals surface area (Å²) >= 11 is 1.41. The monoisotopic (exact) mass is 275 g/mol. The van der Waals surface area contributed by atoms with Crippen LogP contribution in [0, 0.1) is 0 Å². The number of carbonyl (C=O) groups is 3. The number of carbonyl (C=O) groups excluding carboxylic acids is 2. The molecule has 1 aliphatic rings. The maximum absolute atomic E-state index is 12.0. The topological polar surface area (TPSA) is 90.0 Å². The fourth-order valence-corrected chi connectivity index (χ4v) is 2.68. The highest BCUT2D eigenvalue weighted by Crippen LogP contribution is 2.22. The lowest BCUT2D eigenvalue weighted by Gasteiger charge is -2.26. The molecule has 1 fully saturated rings. The zero-order valence-electron chi connectivity index (χ0n) is 10.4. The van der Waals surface area contributed by atoms with Crippen molar-refractivity contribution in [3.8, 4) is 0 Å². The molecule has 1 aliphatic heterocycles. The Labute approximate surface area is 109 Å². The number of rotatable bonds is 4. The molecular weight excluding hydrogens is 258 g/mol. The molecule has 1 heterocycles. The molecule has 2 N–H and O–H groups in total. The van der Waals surface area contributed by atoms with E-state index in [1.165, 1.54) is 28.6 Å². The van der Waals surface area contributed by atoms with Gasteiger partial charge in [-0.2, -0.15) is 0 Å². The molecule has 0 aromatic carbocycles. The van der Waals surface area contributed by atoms with Crippen LogP contribution in [-0.2, 0) is 9.59 Å². The number of thioether (sulfide) groups is 1. The molecule has 0 spiro atoms. The predicted octanol–water partition coefficient (Wildman–Crippen LogP) is -0.366. The van der Waals surface area contributed by atoms with Crippen LogP contribution < -0.4 is 5.32 Å². The molecular formula is C10H17N3O4S. The second-order valence-corrected chi connectivity index (χ2v) is 4.95. The van der Waals surface area contributed by atoms with Gasteiger partial charge in [-0.25, -0.2) is 9.59 Å². The first-order chi connectivity index (χ1) is 8.47. The molecule has 0 bridgehead atoms. The Morgan fingerprint density at radius 3 is 2.72 bits per heavy atom. The number of carboxylic acid groups (broad SMARTS) is 1. The van der Waals surface area contributed by atoms with Crippen LogP contribution in [0.3, 0.4) is 0 Å². The summed E-state index contributed by atoms with van der Waals surface area (Å²) in [7, 11) is 3.09. The number of urea groups is 1. The summed E-state index contributed by atoms with van der Waals surface area (Å²) < 4.78 is 0. The first kappa shape index (κ1) is 14.6. The van der Waals surface area contributed by atoms with E-state index in [9.17, 15) is 14.4 Å². The Balaban J connectivity index is 2.52. The van der Waals surface area contributed by atoms with Crippen molar-refractivity contribution >= 4 is 29.7 Å². The Morgan fingerprint density at radius 1 is 1.50 bits per heavy atom. The maximum Gasteiger partial charge on any atom is 0.327 e. The highest BCUT2D eigenvalue weighted by molar-refractivity contribution is 7.99. The largest absolute Gasteiger partial charge is 0.480 e. The smallest absolute Gasteiger partial charge is 0.327 e. The fraction of sp³-hybridized carbons (Fsp3) is 0.700. The van der Waals surface area contributed by atoms with Crippen LogP contribution in [0.2, 0.25) is 0 Å². The Bertz CT molecular complexity index is 350. The highest BCUT2D eigenvalue weighted by atomic mass is 32.2. The standard InChI is InChI=1S/C10H17N3O4S/c1-11-8(14)3-4-12(2)10(17)13-6-18-5-7(13)9(15)16/h7H,3-6H2,1-2H3,(H,11,14)(H,15,16). The molecule has 0 aromatic heterocycles. The van der Waals surface area contributed by atoms with Crippen LogP contribution in [0.15, 0.2) is 0 Å². The van der Waals surface area contributed by atoms with Crippen molar-refractivity contribution in [2.75, 3.05) is 32.3 Å². The summed E-state index contributed by atoms with van der Waals surface area (Å²) in [5.74, 6) is -0.363. The molecule has 7 nitrogen and oxygen atoms in total. The van der Waals surface area contributed by atoms with E-state index in [-0.39, 0.29) is 24.9 Å². The van der Waals surface area contributed by atoms with Gasteiger partial charge in [-0.15, -0.1) is 11.8 Å². The first-order valence-corrected chi connectivity index (χ1v) is 6.65. The molecule has 1 rings (SSSR count). The zero-order valence-corrected chi connectivity index (χ0v) is 11.2. The summed E-state index contributed by atoms with van der Waals surface area (Å²) in [6.07, 6.45) is 0.206. The summed E-state index contributed by atoms with van der Waals surface area (Å²) in [6, 6.07) is -1.12. The van der Waals surface area contributed by atoms with Gasteiger partial charge in [-0.1, -0.05) is 0 Å². The highest BCUT2D eigenvalue weighted by Gasteiger charge is 2.35. The normalized spacial score (nSPS) is 18.6. The number of hydrogen-bond acceptors (Lipinski definition) is 4. The van der Waals surface area contributed by atoms with E-state index >= 15 is 0 Å². The lowest BCUT2D eigenvalue weighted by atomic mass is 10.3. The van der Waals surface area contributed by atoms with Crippen LogP contribution in [0.1, 0.15) is 6.42 Å². The number of nitrogens with zero attached hydrogens (tertiary/aromatic N) is 2. The maximum atomic E-state index is 12.0. The van der Waals surface area contributed by atoms with Crippen LogP contribution in [0.5, 0.6) is 0 Å². The summed E-state index contributed by atoms with van der Waals surface area (Å²) in [4.78, 5) is 36.7. The molecule has 3 amide bonds. The van der Waals surface area contributed by atoms with E-state index < -0.39 is 12.0 Å². The van der Waals surface area contributed by atoms with Crippen molar-refractivity contribution in [3.63, 3.8) is 0 Å². The van der Waals surface area contributed by atoms with E-state index in [2.05, 4.69) is 5.32 Å². The average molecular weight is 275 g/mol. The van der Waals surface area contributed by atoms with Gasteiger partial charge in [-0.3, -0.25) is 4.79 Å². The summed E-state index contributed by atoms with van der Waals surface area (Å²) in [5, 5.41) is 11.4. The zero-order chi connectivity index (χ0) is 13.7. The predicted molar refractivity (Wildman–Crippen MR) is 67.3 cm³/mol. The molecule has 0 radical (unpaired) electrons. The number of hydrogen-bond donors (Lipinski definition) is 2. The SMILES string of the molecule is CNC(=O)CCN(C)C(=O)N1CSCC1C(=O)O. The summed E-state index contributed by atoms with van der Waals surface area (Å²) in [6.45, 7) is 0.270. The van der Waals surface area contributed by atoms with Crippen molar-refractivity contribution in [1.82, 2.24) is 15.1 Å². The Morgan fingerprint density at radius 2 is 2.17 bits per heavy atom. The third-order valence-corrected chi connectivity index (χ3v) is 3.70. The number of aliphatic carboxylic acids is 1. The van der Waals surface area contributed by atoms with Gasteiger partial charge in [0.1, 0.15) is 6.04 Å². The van der Waals surface area contributed by atoms with E-state index in [0.29, 0.717) is 11.6 Å². The fourth-order valence-electron chi connectivity index (χ4n) is 1.54. The summed E-state index contributed by atoms with van der Waals surface area (Å²) in [5.41, 5.74) is 0. The lowest BCUT2D eigenvalue weighted by Crippen LogP contribution is -2.48. The van der Waals surface area contributed by atoms with Gasteiger partial charge in [0.15, 0.2) is 0 Å². The van der Waals surface area contributed by atoms with Crippen LogP contribution in [0.4, 0.5) is 4.79 Å². The minimum atomic E-state index is -0.993. The van der Waals surface area contributed by atoms with Crippen molar-refractivity contribution in [2.24, 2.45) is 0 Å². The molecule has 18 heavy (non-hydrogen) atoms. The van der Waals surface area contributed by atoms with Gasteiger partial charge in [0.05, 0.1) is 5.88 Å². The molecule has 0 aromatic rings. The second-order valence-electron chi connectivity index (χ2n) is 3.95. The van der Waals surface area contributed by atoms with Gasteiger partial charge < -0.3 is 20.2 Å². The van der Waals surface area contributed by atoms with Gasteiger partial charge in [0, 0.05) is 32.8 Å². The average Bonchev–Trinajstić information content (AvgIpc) is 2.83. The van der Waals surface area contributed by atoms with Crippen LogP contribution in [-0.4, -0.2) is 71.1 Å². The van der Waals surface area contributed by atoms with Gasteiger partial charge >= 0.3 is 12.0 Å². The molecule has 102 valence electrons. The molecule has 0 saturated carbocycles. The second kappa shape index (κ2) is 6.48. The molecule has 0 aliphatic carbocycles. The van der Waals surface area contributed by atoms with E-state index in [1.54, 1.807) is 7.05 Å². The molecule has 1 atom stereocenters. The van der Waals surface area contributed by atoms with Crippen LogP contribution in [0.25, 0.3) is 0 Å². The van der Waals surface area contributed by atoms with Crippen molar-refractivity contribution in [3.05, 3.63) is 0 Å².